The van der Waals surface area contributed by atoms with Gasteiger partial charge in [-0.1, -0.05) is 45.0 Å². The van der Waals surface area contributed by atoms with Gasteiger partial charge in [-0.3, -0.25) is 0 Å². The van der Waals surface area contributed by atoms with Gasteiger partial charge in [0.1, 0.15) is 0 Å². The quantitative estimate of drug-likeness (QED) is 0.546. The van der Waals surface area contributed by atoms with Crippen molar-refractivity contribution in [2.45, 2.75) is 33.1 Å². The van der Waals surface area contributed by atoms with Crippen LogP contribution in [0.4, 0.5) is 0 Å². The van der Waals surface area contributed by atoms with E-state index in [4.69, 9.17) is 0 Å². The minimum atomic E-state index is 0.439. The lowest BCUT2D eigenvalue weighted by Crippen LogP contribution is -2.28. The summed E-state index contributed by atoms with van der Waals surface area (Å²) in [6, 6.07) is 8.81. The van der Waals surface area contributed by atoms with E-state index in [2.05, 4.69) is 45.0 Å². The van der Waals surface area contributed by atoms with Crippen molar-refractivity contribution in [3.05, 3.63) is 35.4 Å². The molecule has 0 aromatic heterocycles. The van der Waals surface area contributed by atoms with Crippen molar-refractivity contribution in [2.75, 3.05) is 0 Å². The summed E-state index contributed by atoms with van der Waals surface area (Å²) >= 11 is 0. The van der Waals surface area contributed by atoms with Gasteiger partial charge in [-0.25, -0.2) is 0 Å². The van der Waals surface area contributed by atoms with Crippen LogP contribution in [0.15, 0.2) is 24.3 Å². The molecular formula is C12H16. The van der Waals surface area contributed by atoms with E-state index in [1.807, 2.05) is 0 Å². The number of hydrogen-bond donors (Lipinski definition) is 0. The second-order valence-corrected chi connectivity index (χ2v) is 4.82. The summed E-state index contributed by atoms with van der Waals surface area (Å²) in [6.07, 6.45) is 1.28. The minimum absolute atomic E-state index is 0.439. The molecule has 1 aliphatic rings. The molecule has 0 fully saturated rings. The Bertz CT molecular complexity index is 291. The highest BCUT2D eigenvalue weighted by molar-refractivity contribution is 5.41. The molecule has 0 saturated heterocycles. The molecular weight excluding hydrogens is 144 g/mol. The smallest absolute Gasteiger partial charge is 0.00700 e. The van der Waals surface area contributed by atoms with Crippen molar-refractivity contribution in [3.8, 4) is 0 Å². The molecule has 0 radical (unpaired) electrons. The maximum atomic E-state index is 2.33. The van der Waals surface area contributed by atoms with Crippen molar-refractivity contribution in [2.24, 2.45) is 5.41 Å². The van der Waals surface area contributed by atoms with Crippen LogP contribution in [0.3, 0.4) is 0 Å². The van der Waals surface area contributed by atoms with Crippen molar-refractivity contribution >= 4 is 0 Å². The number of hydrogen-bond acceptors (Lipinski definition) is 0. The Kier molecular flexibility index (Phi) is 1.54. The largest absolute Gasteiger partial charge is 0.0620 e. The Hall–Kier alpha value is -0.780. The fraction of sp³-hybridized carbons (Fsp3) is 0.500. The lowest BCUT2D eigenvalue weighted by atomic mass is 9.65. The molecule has 0 aliphatic heterocycles. The van der Waals surface area contributed by atoms with Crippen molar-refractivity contribution < 1.29 is 0 Å². The predicted molar refractivity (Wildman–Crippen MR) is 52.3 cm³/mol. The number of benzene rings is 1. The molecule has 0 saturated carbocycles. The van der Waals surface area contributed by atoms with Gasteiger partial charge in [0.2, 0.25) is 0 Å². The van der Waals surface area contributed by atoms with E-state index in [0.29, 0.717) is 5.41 Å². The van der Waals surface area contributed by atoms with E-state index in [1.54, 1.807) is 11.1 Å². The zero-order valence-electron chi connectivity index (χ0n) is 8.09. The number of fused-ring (bicyclic) bond motifs is 1. The van der Waals surface area contributed by atoms with Crippen LogP contribution in [0.1, 0.15) is 37.8 Å². The van der Waals surface area contributed by atoms with Gasteiger partial charge in [-0.05, 0) is 28.9 Å². The van der Waals surface area contributed by atoms with Gasteiger partial charge in [0.15, 0.2) is 0 Å². The fourth-order valence-corrected chi connectivity index (χ4v) is 2.03. The second kappa shape index (κ2) is 2.35. The van der Waals surface area contributed by atoms with Gasteiger partial charge in [-0.15, -0.1) is 0 Å². The van der Waals surface area contributed by atoms with Gasteiger partial charge in [-0.2, -0.15) is 0 Å². The first kappa shape index (κ1) is 7.85. The maximum Gasteiger partial charge on any atom is -0.00700 e. The van der Waals surface area contributed by atoms with Crippen molar-refractivity contribution in [1.82, 2.24) is 0 Å². The normalized spacial score (nSPS) is 21.4. The van der Waals surface area contributed by atoms with Crippen LogP contribution in [-0.4, -0.2) is 0 Å². The first-order valence-electron chi connectivity index (χ1n) is 4.67. The predicted octanol–water partition coefficient (Wildman–Crippen LogP) is 3.37. The van der Waals surface area contributed by atoms with E-state index in [-0.39, 0.29) is 0 Å². The maximum absolute atomic E-state index is 2.33. The lowest BCUT2D eigenvalue weighted by molar-refractivity contribution is 0.291. The van der Waals surface area contributed by atoms with Crippen LogP contribution >= 0.6 is 0 Å². The van der Waals surface area contributed by atoms with E-state index < -0.39 is 0 Å². The fourth-order valence-electron chi connectivity index (χ4n) is 2.03. The van der Waals surface area contributed by atoms with Gasteiger partial charge in [0.25, 0.3) is 0 Å². The summed E-state index contributed by atoms with van der Waals surface area (Å²) in [5, 5.41) is 0. The Morgan fingerprint density at radius 1 is 1.17 bits per heavy atom. The van der Waals surface area contributed by atoms with Crippen LogP contribution in [0, 0.1) is 5.41 Å². The summed E-state index contributed by atoms with van der Waals surface area (Å²) in [5.41, 5.74) is 3.57. The summed E-state index contributed by atoms with van der Waals surface area (Å²) in [4.78, 5) is 0. The molecule has 64 valence electrons. The SMILES string of the molecule is CC(C)(C)C1Cc2ccccc21. The van der Waals surface area contributed by atoms with E-state index in [9.17, 15) is 0 Å². The monoisotopic (exact) mass is 160 g/mol. The standard InChI is InChI=1S/C12H16/c1-12(2,3)11-8-9-6-4-5-7-10(9)11/h4-7,11H,8H2,1-3H3. The van der Waals surface area contributed by atoms with E-state index in [0.717, 1.165) is 5.92 Å². The average Bonchev–Trinajstić information content (AvgIpc) is 1.88. The zero-order valence-corrected chi connectivity index (χ0v) is 8.09. The van der Waals surface area contributed by atoms with Crippen LogP contribution in [-0.2, 0) is 6.42 Å². The van der Waals surface area contributed by atoms with Gasteiger partial charge in [0.05, 0.1) is 0 Å². The molecule has 1 aliphatic carbocycles. The Morgan fingerprint density at radius 2 is 1.83 bits per heavy atom. The van der Waals surface area contributed by atoms with Gasteiger partial charge >= 0.3 is 0 Å². The Morgan fingerprint density at radius 3 is 2.42 bits per heavy atom. The topological polar surface area (TPSA) is 0 Å². The Balaban J connectivity index is 2.31. The molecule has 0 bridgehead atoms. The molecule has 0 heterocycles. The van der Waals surface area contributed by atoms with Crippen LogP contribution in [0.2, 0.25) is 0 Å². The summed E-state index contributed by atoms with van der Waals surface area (Å²) in [5.74, 6) is 0.786. The van der Waals surface area contributed by atoms with Crippen LogP contribution in [0.25, 0.3) is 0 Å². The molecule has 1 atom stereocenters. The lowest BCUT2D eigenvalue weighted by Gasteiger charge is -2.40. The Labute approximate surface area is 74.6 Å². The van der Waals surface area contributed by atoms with Crippen LogP contribution < -0.4 is 0 Å². The molecule has 1 unspecified atom stereocenters. The minimum Gasteiger partial charge on any atom is -0.0620 e. The third-order valence-electron chi connectivity index (χ3n) is 2.90. The highest BCUT2D eigenvalue weighted by atomic mass is 14.4. The molecule has 0 amide bonds. The van der Waals surface area contributed by atoms with E-state index >= 15 is 0 Å². The highest BCUT2D eigenvalue weighted by Gasteiger charge is 2.34. The molecule has 1 aromatic carbocycles. The van der Waals surface area contributed by atoms with Crippen molar-refractivity contribution in [1.29, 1.82) is 0 Å². The third-order valence-corrected chi connectivity index (χ3v) is 2.90. The molecule has 0 nitrogen and oxygen atoms in total. The molecule has 0 N–H and O–H groups in total. The van der Waals surface area contributed by atoms with Gasteiger partial charge in [0, 0.05) is 0 Å². The summed E-state index contributed by atoms with van der Waals surface area (Å²) < 4.78 is 0. The van der Waals surface area contributed by atoms with Gasteiger partial charge < -0.3 is 0 Å². The van der Waals surface area contributed by atoms with Crippen molar-refractivity contribution in [3.63, 3.8) is 0 Å². The van der Waals surface area contributed by atoms with E-state index in [1.165, 1.54) is 6.42 Å². The molecule has 2 rings (SSSR count). The molecule has 1 aromatic rings. The first-order valence-corrected chi connectivity index (χ1v) is 4.67. The second-order valence-electron chi connectivity index (χ2n) is 4.82. The van der Waals surface area contributed by atoms with Crippen LogP contribution in [0.5, 0.6) is 0 Å². The molecule has 0 spiro atoms. The molecule has 0 heteroatoms. The summed E-state index contributed by atoms with van der Waals surface area (Å²) in [7, 11) is 0. The zero-order chi connectivity index (χ0) is 8.77. The first-order chi connectivity index (χ1) is 5.59. The molecule has 12 heavy (non-hydrogen) atoms. The highest BCUT2D eigenvalue weighted by Crippen LogP contribution is 2.46. The average molecular weight is 160 g/mol. The number of rotatable bonds is 0. The third kappa shape index (κ3) is 1.06. The summed E-state index contributed by atoms with van der Waals surface area (Å²) in [6.45, 7) is 6.98.